The van der Waals surface area contributed by atoms with Gasteiger partial charge in [0.15, 0.2) is 0 Å². The van der Waals surface area contributed by atoms with Crippen molar-refractivity contribution in [3.05, 3.63) is 0 Å². The van der Waals surface area contributed by atoms with Gasteiger partial charge in [0.05, 0.1) is 30.0 Å². The van der Waals surface area contributed by atoms with E-state index in [0.717, 1.165) is 44.9 Å². The Balaban J connectivity index is 1.74. The SMILES string of the molecule is CC(C)CCC(O)C(C)CCC[C@@]1(C)OC[C@]2(CCO)CC[C@H]1O2. The van der Waals surface area contributed by atoms with Crippen molar-refractivity contribution in [3.63, 3.8) is 0 Å². The zero-order valence-corrected chi connectivity index (χ0v) is 16.1. The monoisotopic (exact) mass is 342 g/mol. The van der Waals surface area contributed by atoms with Gasteiger partial charge >= 0.3 is 0 Å². The zero-order valence-electron chi connectivity index (χ0n) is 16.1. The van der Waals surface area contributed by atoms with Gasteiger partial charge in [-0.25, -0.2) is 0 Å². The predicted molar refractivity (Wildman–Crippen MR) is 96.0 cm³/mol. The van der Waals surface area contributed by atoms with Gasteiger partial charge in [0.2, 0.25) is 0 Å². The van der Waals surface area contributed by atoms with Gasteiger partial charge in [0.1, 0.15) is 0 Å². The molecule has 0 aliphatic carbocycles. The summed E-state index contributed by atoms with van der Waals surface area (Å²) in [7, 11) is 0. The normalized spacial score (nSPS) is 35.4. The maximum atomic E-state index is 10.3. The van der Waals surface area contributed by atoms with Crippen LogP contribution in [0.1, 0.15) is 79.1 Å². The second kappa shape index (κ2) is 8.48. The summed E-state index contributed by atoms with van der Waals surface area (Å²) in [6.07, 6.45) is 7.74. The Hall–Kier alpha value is -0.160. The molecule has 0 aromatic rings. The van der Waals surface area contributed by atoms with E-state index in [1.54, 1.807) is 0 Å². The molecule has 4 nitrogen and oxygen atoms in total. The Morgan fingerprint density at radius 3 is 2.54 bits per heavy atom. The summed E-state index contributed by atoms with van der Waals surface area (Å²) >= 11 is 0. The molecule has 5 atom stereocenters. The van der Waals surface area contributed by atoms with E-state index in [1.165, 1.54) is 0 Å². The number of fused-ring (bicyclic) bond motifs is 2. The summed E-state index contributed by atoms with van der Waals surface area (Å²) < 4.78 is 12.5. The number of aliphatic hydroxyl groups excluding tert-OH is 2. The standard InChI is InChI=1S/C20H38O4/c1-15(2)7-8-17(22)16(3)6-5-10-19(4)18-9-11-20(24-18,12-13-21)14-23-19/h15-18,21-22H,5-14H2,1-4H3/t16?,17?,18-,19-,20-/m1/s1. The van der Waals surface area contributed by atoms with Crippen LogP contribution in [0.3, 0.4) is 0 Å². The molecule has 4 heteroatoms. The van der Waals surface area contributed by atoms with Crippen molar-refractivity contribution < 1.29 is 19.7 Å². The second-order valence-electron chi connectivity index (χ2n) is 8.81. The lowest BCUT2D eigenvalue weighted by Crippen LogP contribution is -2.52. The summed E-state index contributed by atoms with van der Waals surface area (Å²) in [6.45, 7) is 9.51. The van der Waals surface area contributed by atoms with Crippen molar-refractivity contribution in [3.8, 4) is 0 Å². The number of hydrogen-bond donors (Lipinski definition) is 2. The molecular formula is C20H38O4. The van der Waals surface area contributed by atoms with Crippen LogP contribution >= 0.6 is 0 Å². The summed E-state index contributed by atoms with van der Waals surface area (Å²) in [5.41, 5.74) is -0.447. The van der Waals surface area contributed by atoms with Gasteiger partial charge in [-0.2, -0.15) is 0 Å². The topological polar surface area (TPSA) is 58.9 Å². The minimum absolute atomic E-state index is 0.152. The summed E-state index contributed by atoms with van der Waals surface area (Å²) in [4.78, 5) is 0. The molecule has 0 spiro atoms. The first-order chi connectivity index (χ1) is 11.3. The molecule has 0 aromatic carbocycles. The van der Waals surface area contributed by atoms with E-state index in [9.17, 15) is 10.2 Å². The fourth-order valence-electron chi connectivity index (χ4n) is 4.19. The van der Waals surface area contributed by atoms with Crippen LogP contribution in [0.4, 0.5) is 0 Å². The van der Waals surface area contributed by atoms with Gasteiger partial charge in [-0.1, -0.05) is 27.2 Å². The zero-order chi connectivity index (χ0) is 17.8. The number of ether oxygens (including phenoxy) is 2. The van der Waals surface area contributed by atoms with Gasteiger partial charge in [-0.15, -0.1) is 0 Å². The highest BCUT2D eigenvalue weighted by atomic mass is 16.6. The van der Waals surface area contributed by atoms with Gasteiger partial charge < -0.3 is 19.7 Å². The van der Waals surface area contributed by atoms with Gasteiger partial charge in [-0.05, 0) is 57.3 Å². The molecule has 2 saturated heterocycles. The molecule has 2 aliphatic rings. The van der Waals surface area contributed by atoms with Gasteiger partial charge in [0.25, 0.3) is 0 Å². The highest BCUT2D eigenvalue weighted by molar-refractivity contribution is 5.01. The molecule has 2 heterocycles. The quantitative estimate of drug-likeness (QED) is 0.636. The number of aliphatic hydroxyl groups is 2. The molecule has 2 unspecified atom stereocenters. The van der Waals surface area contributed by atoms with E-state index in [2.05, 4.69) is 27.7 Å². The minimum atomic E-state index is -0.237. The number of rotatable bonds is 10. The van der Waals surface area contributed by atoms with E-state index < -0.39 is 0 Å². The van der Waals surface area contributed by atoms with E-state index in [1.807, 2.05) is 0 Å². The molecule has 0 amide bonds. The highest BCUT2D eigenvalue weighted by Crippen LogP contribution is 2.46. The summed E-state index contributed by atoms with van der Waals surface area (Å²) in [5.74, 6) is 0.994. The molecular weight excluding hydrogens is 304 g/mol. The fraction of sp³-hybridized carbons (Fsp3) is 1.00. The highest BCUT2D eigenvalue weighted by Gasteiger charge is 2.53. The van der Waals surface area contributed by atoms with Crippen molar-refractivity contribution in [2.24, 2.45) is 11.8 Å². The maximum Gasteiger partial charge on any atom is 0.0943 e. The van der Waals surface area contributed by atoms with Crippen LogP contribution in [0, 0.1) is 11.8 Å². The third-order valence-corrected chi connectivity index (χ3v) is 6.20. The Kier molecular flexibility index (Phi) is 7.12. The van der Waals surface area contributed by atoms with Crippen molar-refractivity contribution in [2.75, 3.05) is 13.2 Å². The molecule has 2 rings (SSSR count). The molecule has 0 saturated carbocycles. The smallest absolute Gasteiger partial charge is 0.0943 e. The van der Waals surface area contributed by atoms with Crippen LogP contribution in [0.5, 0.6) is 0 Å². The molecule has 0 radical (unpaired) electrons. The van der Waals surface area contributed by atoms with Crippen molar-refractivity contribution in [1.82, 2.24) is 0 Å². The Morgan fingerprint density at radius 1 is 1.12 bits per heavy atom. The first-order valence-electron chi connectivity index (χ1n) is 9.91. The maximum absolute atomic E-state index is 10.3. The van der Waals surface area contributed by atoms with Crippen LogP contribution in [0.15, 0.2) is 0 Å². The Labute approximate surface area is 147 Å². The van der Waals surface area contributed by atoms with E-state index in [0.29, 0.717) is 24.9 Å². The average Bonchev–Trinajstić information content (AvgIpc) is 2.91. The van der Waals surface area contributed by atoms with Crippen LogP contribution in [0.25, 0.3) is 0 Å². The van der Waals surface area contributed by atoms with E-state index in [-0.39, 0.29) is 30.0 Å². The fourth-order valence-corrected chi connectivity index (χ4v) is 4.19. The first-order valence-corrected chi connectivity index (χ1v) is 9.91. The minimum Gasteiger partial charge on any atom is -0.396 e. The largest absolute Gasteiger partial charge is 0.396 e. The van der Waals surface area contributed by atoms with Crippen LogP contribution in [0.2, 0.25) is 0 Å². The molecule has 24 heavy (non-hydrogen) atoms. The van der Waals surface area contributed by atoms with Crippen LogP contribution in [-0.4, -0.2) is 46.8 Å². The lowest BCUT2D eigenvalue weighted by molar-refractivity contribution is -0.243. The van der Waals surface area contributed by atoms with Crippen LogP contribution < -0.4 is 0 Å². The number of hydrogen-bond acceptors (Lipinski definition) is 4. The predicted octanol–water partition coefficient (Wildman–Crippen LogP) is 3.68. The molecule has 2 N–H and O–H groups in total. The third kappa shape index (κ3) is 4.94. The molecule has 0 aromatic heterocycles. The van der Waals surface area contributed by atoms with Crippen molar-refractivity contribution >= 4 is 0 Å². The Morgan fingerprint density at radius 2 is 1.88 bits per heavy atom. The molecule has 2 bridgehead atoms. The average molecular weight is 343 g/mol. The summed E-state index contributed by atoms with van der Waals surface area (Å²) in [6, 6.07) is 0. The van der Waals surface area contributed by atoms with Crippen molar-refractivity contribution in [2.45, 2.75) is 102 Å². The second-order valence-corrected chi connectivity index (χ2v) is 8.81. The van der Waals surface area contributed by atoms with Crippen molar-refractivity contribution in [1.29, 1.82) is 0 Å². The van der Waals surface area contributed by atoms with Crippen LogP contribution in [-0.2, 0) is 9.47 Å². The van der Waals surface area contributed by atoms with Gasteiger partial charge in [-0.3, -0.25) is 0 Å². The van der Waals surface area contributed by atoms with Gasteiger partial charge in [0, 0.05) is 13.0 Å². The third-order valence-electron chi connectivity index (χ3n) is 6.20. The first kappa shape index (κ1) is 20.2. The lowest BCUT2D eigenvalue weighted by atomic mass is 9.87. The van der Waals surface area contributed by atoms with E-state index in [4.69, 9.17) is 9.47 Å². The van der Waals surface area contributed by atoms with E-state index >= 15 is 0 Å². The lowest BCUT2D eigenvalue weighted by Gasteiger charge is -2.44. The molecule has 2 fully saturated rings. The molecule has 2 aliphatic heterocycles. The Bertz CT molecular complexity index is 386. The summed E-state index contributed by atoms with van der Waals surface area (Å²) in [5, 5.41) is 19.5. The molecule has 142 valence electrons.